The molecule has 0 bridgehead atoms. The summed E-state index contributed by atoms with van der Waals surface area (Å²) in [6.45, 7) is 10.9. The first-order chi connectivity index (χ1) is 18.0. The number of nitrogens with zero attached hydrogens (tertiary/aromatic N) is 3. The lowest BCUT2D eigenvalue weighted by atomic mass is 9.92. The van der Waals surface area contributed by atoms with E-state index in [-0.39, 0.29) is 30.2 Å². The van der Waals surface area contributed by atoms with Gasteiger partial charge in [-0.1, -0.05) is 46.8 Å². The Hall–Kier alpha value is -3.81. The Morgan fingerprint density at radius 1 is 0.974 bits per heavy atom. The zero-order chi connectivity index (χ0) is 27.9. The fourth-order valence-electron chi connectivity index (χ4n) is 3.85. The van der Waals surface area contributed by atoms with E-state index in [0.29, 0.717) is 18.3 Å². The number of hydrogen-bond donors (Lipinski definition) is 1. The molecule has 2 aromatic carbocycles. The number of nitrogens with one attached hydrogen (secondary N) is 1. The van der Waals surface area contributed by atoms with Gasteiger partial charge in [-0.2, -0.15) is 5.10 Å². The van der Waals surface area contributed by atoms with Gasteiger partial charge in [0.25, 0.3) is 0 Å². The Kier molecular flexibility index (Phi) is 9.55. The number of benzene rings is 2. The van der Waals surface area contributed by atoms with Crippen LogP contribution in [-0.2, 0) is 21.4 Å². The van der Waals surface area contributed by atoms with Gasteiger partial charge in [0, 0.05) is 18.0 Å². The number of hydrogen-bond acceptors (Lipinski definition) is 5. The summed E-state index contributed by atoms with van der Waals surface area (Å²) in [7, 11) is 3.23. The highest BCUT2D eigenvalue weighted by Crippen LogP contribution is 2.27. The van der Waals surface area contributed by atoms with Gasteiger partial charge in [-0.3, -0.25) is 9.59 Å². The quantitative estimate of drug-likeness (QED) is 0.374. The third-order valence-electron chi connectivity index (χ3n) is 6.24. The zero-order valence-electron chi connectivity index (χ0n) is 23.6. The SMILES string of the molecule is COc1ccc(CC(=O)N(CCC(C)C)CC(=O)Nc2cc(C(C)(C)C)nn2-c2ccc(OC)cc2)cc1. The molecule has 3 aromatic rings. The molecule has 0 saturated carbocycles. The molecule has 1 aromatic heterocycles. The van der Waals surface area contributed by atoms with Crippen molar-refractivity contribution in [1.82, 2.24) is 14.7 Å². The van der Waals surface area contributed by atoms with Crippen LogP contribution in [0.4, 0.5) is 5.82 Å². The van der Waals surface area contributed by atoms with Crippen LogP contribution >= 0.6 is 0 Å². The summed E-state index contributed by atoms with van der Waals surface area (Å²) < 4.78 is 12.2. The molecule has 0 unspecified atom stereocenters. The van der Waals surface area contributed by atoms with E-state index in [0.717, 1.165) is 34.9 Å². The lowest BCUT2D eigenvalue weighted by Gasteiger charge is -2.23. The summed E-state index contributed by atoms with van der Waals surface area (Å²) >= 11 is 0. The van der Waals surface area contributed by atoms with Crippen LogP contribution < -0.4 is 14.8 Å². The van der Waals surface area contributed by atoms with Gasteiger partial charge in [0.1, 0.15) is 17.3 Å². The molecule has 2 amide bonds. The van der Waals surface area contributed by atoms with Gasteiger partial charge in [0.15, 0.2) is 0 Å². The molecule has 1 N–H and O–H groups in total. The molecular weight excluding hydrogens is 480 g/mol. The minimum atomic E-state index is -0.271. The van der Waals surface area contributed by atoms with Crippen molar-refractivity contribution in [1.29, 1.82) is 0 Å². The van der Waals surface area contributed by atoms with Crippen molar-refractivity contribution in [3.05, 3.63) is 65.9 Å². The predicted molar refractivity (Wildman–Crippen MR) is 150 cm³/mol. The van der Waals surface area contributed by atoms with E-state index < -0.39 is 0 Å². The molecule has 0 spiro atoms. The lowest BCUT2D eigenvalue weighted by Crippen LogP contribution is -2.40. The predicted octanol–water partition coefficient (Wildman–Crippen LogP) is 5.24. The maximum absolute atomic E-state index is 13.3. The van der Waals surface area contributed by atoms with Gasteiger partial charge >= 0.3 is 0 Å². The Morgan fingerprint density at radius 3 is 2.08 bits per heavy atom. The summed E-state index contributed by atoms with van der Waals surface area (Å²) in [6, 6.07) is 16.8. The monoisotopic (exact) mass is 520 g/mol. The fraction of sp³-hybridized carbons (Fsp3) is 0.433. The van der Waals surface area contributed by atoms with Gasteiger partial charge in [-0.05, 0) is 54.3 Å². The Bertz CT molecular complexity index is 1210. The molecule has 204 valence electrons. The van der Waals surface area contributed by atoms with Crippen LogP contribution in [0.5, 0.6) is 11.5 Å². The topological polar surface area (TPSA) is 85.7 Å². The molecule has 8 nitrogen and oxygen atoms in total. The zero-order valence-corrected chi connectivity index (χ0v) is 23.6. The van der Waals surface area contributed by atoms with E-state index in [1.807, 2.05) is 54.6 Å². The van der Waals surface area contributed by atoms with Gasteiger partial charge in [-0.25, -0.2) is 4.68 Å². The van der Waals surface area contributed by atoms with Gasteiger partial charge in [0.2, 0.25) is 11.8 Å². The largest absolute Gasteiger partial charge is 0.497 e. The smallest absolute Gasteiger partial charge is 0.245 e. The van der Waals surface area contributed by atoms with Gasteiger partial charge < -0.3 is 19.7 Å². The molecule has 3 rings (SSSR count). The minimum absolute atomic E-state index is 0.0413. The number of rotatable bonds is 11. The number of aromatic nitrogens is 2. The Labute approximate surface area is 225 Å². The Morgan fingerprint density at radius 2 is 1.55 bits per heavy atom. The van der Waals surface area contributed by atoms with E-state index in [9.17, 15) is 9.59 Å². The summed E-state index contributed by atoms with van der Waals surface area (Å²) in [5.74, 6) is 2.06. The number of methoxy groups -OCH3 is 2. The molecule has 0 saturated heterocycles. The van der Waals surface area contributed by atoms with Crippen LogP contribution in [0, 0.1) is 5.92 Å². The van der Waals surface area contributed by atoms with E-state index >= 15 is 0 Å². The van der Waals surface area contributed by atoms with Crippen LogP contribution in [0.15, 0.2) is 54.6 Å². The second-order valence-corrected chi connectivity index (χ2v) is 10.8. The molecular formula is C30H40N4O4. The summed E-state index contributed by atoms with van der Waals surface area (Å²) in [5.41, 5.74) is 2.30. The fourth-order valence-corrected chi connectivity index (χ4v) is 3.85. The molecule has 0 aliphatic rings. The molecule has 0 radical (unpaired) electrons. The second-order valence-electron chi connectivity index (χ2n) is 10.8. The molecule has 0 fully saturated rings. The molecule has 8 heteroatoms. The number of carbonyl (C=O) groups is 2. The molecule has 0 aliphatic heterocycles. The number of carbonyl (C=O) groups excluding carboxylic acids is 2. The highest BCUT2D eigenvalue weighted by molar-refractivity contribution is 5.94. The van der Waals surface area contributed by atoms with E-state index in [2.05, 4.69) is 39.9 Å². The van der Waals surface area contributed by atoms with Crippen molar-refractivity contribution in [2.45, 2.75) is 52.9 Å². The minimum Gasteiger partial charge on any atom is -0.497 e. The van der Waals surface area contributed by atoms with Crippen molar-refractivity contribution in [3.8, 4) is 17.2 Å². The highest BCUT2D eigenvalue weighted by Gasteiger charge is 2.23. The van der Waals surface area contributed by atoms with Crippen LogP contribution in [-0.4, -0.2) is 53.8 Å². The molecule has 0 aliphatic carbocycles. The Balaban J connectivity index is 1.80. The summed E-state index contributed by atoms with van der Waals surface area (Å²) in [6.07, 6.45) is 1.02. The first kappa shape index (κ1) is 28.8. The van der Waals surface area contributed by atoms with Crippen LogP contribution in [0.2, 0.25) is 0 Å². The summed E-state index contributed by atoms with van der Waals surface area (Å²) in [5, 5.41) is 7.78. The maximum Gasteiger partial charge on any atom is 0.245 e. The first-order valence-corrected chi connectivity index (χ1v) is 13.0. The number of amides is 2. The van der Waals surface area contributed by atoms with E-state index in [1.54, 1.807) is 23.8 Å². The van der Waals surface area contributed by atoms with Crippen LogP contribution in [0.25, 0.3) is 5.69 Å². The summed E-state index contributed by atoms with van der Waals surface area (Å²) in [4.78, 5) is 28.1. The first-order valence-electron chi connectivity index (χ1n) is 13.0. The van der Waals surface area contributed by atoms with Crippen LogP contribution in [0.1, 0.15) is 52.3 Å². The third-order valence-corrected chi connectivity index (χ3v) is 6.24. The van der Waals surface area contributed by atoms with Crippen molar-refractivity contribution in [3.63, 3.8) is 0 Å². The van der Waals surface area contributed by atoms with Crippen molar-refractivity contribution < 1.29 is 19.1 Å². The molecule has 1 heterocycles. The average molecular weight is 521 g/mol. The van der Waals surface area contributed by atoms with Crippen molar-refractivity contribution >= 4 is 17.6 Å². The standard InChI is InChI=1S/C30H40N4O4/c1-21(2)16-17-33(29(36)18-22-8-12-24(37-6)13-9-22)20-28(35)31-27-19-26(30(3,4)5)32-34(27)23-10-14-25(38-7)15-11-23/h8-15,19,21H,16-18,20H2,1-7H3,(H,31,35). The maximum atomic E-state index is 13.3. The van der Waals surface area contributed by atoms with Crippen molar-refractivity contribution in [2.75, 3.05) is 32.6 Å². The normalized spacial score (nSPS) is 11.4. The van der Waals surface area contributed by atoms with E-state index in [4.69, 9.17) is 14.6 Å². The average Bonchev–Trinajstić information content (AvgIpc) is 3.31. The van der Waals surface area contributed by atoms with Gasteiger partial charge in [-0.15, -0.1) is 0 Å². The third kappa shape index (κ3) is 7.84. The van der Waals surface area contributed by atoms with Crippen LogP contribution in [0.3, 0.4) is 0 Å². The number of ether oxygens (including phenoxy) is 2. The molecule has 0 atom stereocenters. The number of anilines is 1. The second kappa shape index (κ2) is 12.6. The highest BCUT2D eigenvalue weighted by atomic mass is 16.5. The van der Waals surface area contributed by atoms with E-state index in [1.165, 1.54) is 0 Å². The lowest BCUT2D eigenvalue weighted by molar-refractivity contribution is -0.134. The van der Waals surface area contributed by atoms with Gasteiger partial charge in [0.05, 0.1) is 38.6 Å². The van der Waals surface area contributed by atoms with Crippen molar-refractivity contribution in [2.24, 2.45) is 5.92 Å². The molecule has 38 heavy (non-hydrogen) atoms.